The maximum absolute atomic E-state index is 6.16. The van der Waals surface area contributed by atoms with Crippen LogP contribution in [0, 0.1) is 11.8 Å². The molecule has 3 aromatic rings. The van der Waals surface area contributed by atoms with Gasteiger partial charge < -0.3 is 13.7 Å². The molecule has 3 heterocycles. The first kappa shape index (κ1) is 17.3. The lowest BCUT2D eigenvalue weighted by atomic mass is 10.1. The van der Waals surface area contributed by atoms with Crippen LogP contribution in [0.5, 0.6) is 0 Å². The monoisotopic (exact) mass is 390 g/mol. The summed E-state index contributed by atoms with van der Waals surface area (Å²) in [5.74, 6) is 0.990. The minimum absolute atomic E-state index is 0.351. The topological polar surface area (TPSA) is 50.6 Å². The van der Waals surface area contributed by atoms with Crippen molar-refractivity contribution >= 4 is 29.5 Å². The minimum Gasteiger partial charge on any atom is -0.459 e. The zero-order chi connectivity index (χ0) is 18.1. The van der Waals surface area contributed by atoms with E-state index in [2.05, 4.69) is 27.9 Å². The van der Waals surface area contributed by atoms with Crippen LogP contribution in [-0.2, 0) is 6.67 Å². The lowest BCUT2D eigenvalue weighted by Gasteiger charge is -2.36. The Labute approximate surface area is 161 Å². The van der Waals surface area contributed by atoms with E-state index in [4.69, 9.17) is 32.7 Å². The van der Waals surface area contributed by atoms with E-state index in [1.807, 2.05) is 12.1 Å². The van der Waals surface area contributed by atoms with Gasteiger partial charge in [0.05, 0.1) is 12.9 Å². The van der Waals surface area contributed by atoms with Crippen LogP contribution in [0.2, 0.25) is 5.02 Å². The van der Waals surface area contributed by atoms with Gasteiger partial charge in [-0.15, -0.1) is 5.10 Å². The molecular formula is C18H19ClN4O2S. The maximum Gasteiger partial charge on any atom is 0.288 e. The predicted molar refractivity (Wildman–Crippen MR) is 103 cm³/mol. The number of hydrogen-bond donors (Lipinski definition) is 0. The molecular weight excluding hydrogens is 372 g/mol. The van der Waals surface area contributed by atoms with Gasteiger partial charge in [-0.3, -0.25) is 4.90 Å². The average Bonchev–Trinajstić information content (AvgIpc) is 3.28. The molecule has 0 bridgehead atoms. The summed E-state index contributed by atoms with van der Waals surface area (Å²) in [7, 11) is 0. The molecule has 1 aliphatic rings. The van der Waals surface area contributed by atoms with E-state index < -0.39 is 0 Å². The van der Waals surface area contributed by atoms with Crippen molar-refractivity contribution < 1.29 is 8.83 Å². The van der Waals surface area contributed by atoms with Crippen molar-refractivity contribution in [3.63, 3.8) is 0 Å². The molecule has 26 heavy (non-hydrogen) atoms. The lowest BCUT2D eigenvalue weighted by molar-refractivity contribution is 0.192. The van der Waals surface area contributed by atoms with Crippen molar-refractivity contribution in [3.8, 4) is 11.7 Å². The molecule has 0 unspecified atom stereocenters. The number of aromatic nitrogens is 2. The summed E-state index contributed by atoms with van der Waals surface area (Å²) in [5, 5.41) is 5.20. The summed E-state index contributed by atoms with van der Waals surface area (Å²) in [6.45, 7) is 6.40. The summed E-state index contributed by atoms with van der Waals surface area (Å²) in [6.07, 6.45) is 1.59. The van der Waals surface area contributed by atoms with Gasteiger partial charge in [-0.05, 0) is 49.0 Å². The largest absolute Gasteiger partial charge is 0.459 e. The van der Waals surface area contributed by atoms with E-state index >= 15 is 0 Å². The molecule has 1 saturated heterocycles. The van der Waals surface area contributed by atoms with Crippen molar-refractivity contribution in [2.75, 3.05) is 31.1 Å². The summed E-state index contributed by atoms with van der Waals surface area (Å²) in [6, 6.07) is 9.63. The zero-order valence-electron chi connectivity index (χ0n) is 14.4. The highest BCUT2D eigenvalue weighted by Gasteiger charge is 2.20. The van der Waals surface area contributed by atoms with Gasteiger partial charge in [0.15, 0.2) is 5.76 Å². The van der Waals surface area contributed by atoms with Gasteiger partial charge in [0.25, 0.3) is 10.7 Å². The highest BCUT2D eigenvalue weighted by Crippen LogP contribution is 2.25. The van der Waals surface area contributed by atoms with E-state index in [1.165, 1.54) is 11.3 Å². The number of aryl methyl sites for hydroxylation is 1. The van der Waals surface area contributed by atoms with E-state index in [-0.39, 0.29) is 0 Å². The number of halogens is 1. The summed E-state index contributed by atoms with van der Waals surface area (Å²) >= 11 is 11.4. The molecule has 136 valence electrons. The van der Waals surface area contributed by atoms with Crippen molar-refractivity contribution in [1.29, 1.82) is 0 Å². The molecule has 0 N–H and O–H groups in total. The normalized spacial score (nSPS) is 15.5. The molecule has 1 aromatic carbocycles. The lowest BCUT2D eigenvalue weighted by Crippen LogP contribution is -2.47. The summed E-state index contributed by atoms with van der Waals surface area (Å²) < 4.78 is 12.6. The molecule has 4 rings (SSSR count). The number of hydrogen-bond acceptors (Lipinski definition) is 6. The Kier molecular flexibility index (Phi) is 4.84. The van der Waals surface area contributed by atoms with Crippen LogP contribution in [0.3, 0.4) is 0 Å². The number of anilines is 1. The smallest absolute Gasteiger partial charge is 0.288 e. The highest BCUT2D eigenvalue weighted by atomic mass is 35.5. The molecule has 8 heteroatoms. The van der Waals surface area contributed by atoms with Gasteiger partial charge in [-0.25, -0.2) is 4.68 Å². The van der Waals surface area contributed by atoms with E-state index in [0.29, 0.717) is 23.2 Å². The third kappa shape index (κ3) is 3.56. The Morgan fingerprint density at radius 3 is 2.73 bits per heavy atom. The van der Waals surface area contributed by atoms with Crippen LogP contribution in [0.25, 0.3) is 11.7 Å². The molecule has 1 fully saturated rings. The second kappa shape index (κ2) is 7.26. The number of nitrogens with zero attached hydrogens (tertiary/aromatic N) is 4. The quantitative estimate of drug-likeness (QED) is 0.622. The Morgan fingerprint density at radius 2 is 2.00 bits per heavy atom. The molecule has 0 amide bonds. The fourth-order valence-electron chi connectivity index (χ4n) is 3.14. The fraction of sp³-hybridized carbons (Fsp3) is 0.333. The zero-order valence-corrected chi connectivity index (χ0v) is 16.0. The van der Waals surface area contributed by atoms with Crippen LogP contribution >= 0.6 is 23.8 Å². The van der Waals surface area contributed by atoms with Gasteiger partial charge in [0, 0.05) is 36.9 Å². The van der Waals surface area contributed by atoms with Crippen LogP contribution < -0.4 is 4.90 Å². The van der Waals surface area contributed by atoms with Gasteiger partial charge in [-0.1, -0.05) is 17.7 Å². The van der Waals surface area contributed by atoms with E-state index in [1.54, 1.807) is 23.1 Å². The maximum atomic E-state index is 6.16. The Bertz CT molecular complexity index is 943. The second-order valence-electron chi connectivity index (χ2n) is 6.33. The Balaban J connectivity index is 1.41. The molecule has 1 aliphatic heterocycles. The summed E-state index contributed by atoms with van der Waals surface area (Å²) in [4.78, 5) is 5.03. The molecule has 0 radical (unpaired) electrons. The molecule has 0 spiro atoms. The Morgan fingerprint density at radius 1 is 1.19 bits per heavy atom. The SMILES string of the molecule is Cc1ccc(Cl)cc1N1CCN(Cn2nc(-c3ccco3)oc2=S)CC1. The van der Waals surface area contributed by atoms with Crippen molar-refractivity contribution in [2.24, 2.45) is 0 Å². The van der Waals surface area contributed by atoms with Crippen molar-refractivity contribution in [3.05, 3.63) is 52.0 Å². The molecule has 0 saturated carbocycles. The van der Waals surface area contributed by atoms with Gasteiger partial charge in [-0.2, -0.15) is 0 Å². The summed E-state index contributed by atoms with van der Waals surface area (Å²) in [5.41, 5.74) is 2.44. The average molecular weight is 391 g/mol. The minimum atomic E-state index is 0.351. The first-order valence-corrected chi connectivity index (χ1v) is 9.24. The molecule has 0 atom stereocenters. The van der Waals surface area contributed by atoms with Crippen LogP contribution in [0.4, 0.5) is 5.69 Å². The fourth-order valence-corrected chi connectivity index (χ4v) is 3.48. The highest BCUT2D eigenvalue weighted by molar-refractivity contribution is 7.71. The molecule has 2 aromatic heterocycles. The van der Waals surface area contributed by atoms with E-state index in [9.17, 15) is 0 Å². The third-order valence-electron chi connectivity index (χ3n) is 4.56. The first-order valence-electron chi connectivity index (χ1n) is 8.45. The third-order valence-corrected chi connectivity index (χ3v) is 5.09. The standard InChI is InChI=1S/C18H19ClN4O2S/c1-13-4-5-14(19)11-15(13)22-8-6-21(7-9-22)12-23-18(26)25-17(20-23)16-3-2-10-24-16/h2-5,10-11H,6-9,12H2,1H3. The van der Waals surface area contributed by atoms with Gasteiger partial charge >= 0.3 is 0 Å². The first-order chi connectivity index (χ1) is 12.6. The van der Waals surface area contributed by atoms with E-state index in [0.717, 1.165) is 31.2 Å². The van der Waals surface area contributed by atoms with Crippen LogP contribution in [0.1, 0.15) is 5.56 Å². The van der Waals surface area contributed by atoms with Crippen LogP contribution in [-0.4, -0.2) is 40.9 Å². The second-order valence-corrected chi connectivity index (χ2v) is 7.11. The number of piperazine rings is 1. The van der Waals surface area contributed by atoms with Gasteiger partial charge in [0.1, 0.15) is 0 Å². The number of rotatable bonds is 4. The van der Waals surface area contributed by atoms with Gasteiger partial charge in [0.2, 0.25) is 0 Å². The molecule has 6 nitrogen and oxygen atoms in total. The molecule has 0 aliphatic carbocycles. The number of furan rings is 1. The number of benzene rings is 1. The van der Waals surface area contributed by atoms with Crippen LogP contribution in [0.15, 0.2) is 45.4 Å². The predicted octanol–water partition coefficient (Wildman–Crippen LogP) is 4.21. The Hall–Kier alpha value is -2.09. The van der Waals surface area contributed by atoms with Crippen molar-refractivity contribution in [2.45, 2.75) is 13.6 Å². The van der Waals surface area contributed by atoms with Crippen molar-refractivity contribution in [1.82, 2.24) is 14.7 Å².